The third kappa shape index (κ3) is 6.62. The van der Waals surface area contributed by atoms with Gasteiger partial charge in [-0.15, -0.1) is 11.8 Å². The van der Waals surface area contributed by atoms with Crippen molar-refractivity contribution in [3.05, 3.63) is 47.2 Å². The van der Waals surface area contributed by atoms with Gasteiger partial charge in [0.2, 0.25) is 5.91 Å². The number of aromatic nitrogens is 1. The van der Waals surface area contributed by atoms with Gasteiger partial charge in [0.15, 0.2) is 5.82 Å². The number of anilines is 1. The van der Waals surface area contributed by atoms with Gasteiger partial charge >= 0.3 is 5.97 Å². The number of amides is 1. The summed E-state index contributed by atoms with van der Waals surface area (Å²) in [5, 5.41) is 6.26. The van der Waals surface area contributed by atoms with E-state index in [1.54, 1.807) is 13.0 Å². The normalized spacial score (nSPS) is 10.7. The molecule has 134 valence electrons. The van der Waals surface area contributed by atoms with Gasteiger partial charge in [-0.2, -0.15) is 0 Å². The van der Waals surface area contributed by atoms with Gasteiger partial charge in [-0.25, -0.2) is 0 Å². The average molecular weight is 362 g/mol. The minimum Gasteiger partial charge on any atom is -0.460 e. The molecule has 0 aliphatic heterocycles. The topological polar surface area (TPSA) is 81.4 Å². The summed E-state index contributed by atoms with van der Waals surface area (Å²) in [5.41, 5.74) is 2.20. The van der Waals surface area contributed by atoms with E-state index in [4.69, 9.17) is 9.26 Å². The fourth-order valence-electron chi connectivity index (χ4n) is 2.04. The lowest BCUT2D eigenvalue weighted by atomic mass is 10.0. The van der Waals surface area contributed by atoms with Crippen molar-refractivity contribution in [2.45, 2.75) is 33.3 Å². The minimum atomic E-state index is -0.344. The molecule has 1 heterocycles. The molecule has 0 spiro atoms. The van der Waals surface area contributed by atoms with E-state index in [0.717, 1.165) is 5.56 Å². The van der Waals surface area contributed by atoms with Crippen LogP contribution >= 0.6 is 11.8 Å². The van der Waals surface area contributed by atoms with Crippen molar-refractivity contribution in [3.63, 3.8) is 0 Å². The number of carbonyl (C=O) groups excluding carboxylic acids is 2. The molecule has 2 rings (SSSR count). The highest BCUT2D eigenvalue weighted by Crippen LogP contribution is 2.15. The number of benzene rings is 1. The molecular formula is C18H22N2O4S. The molecular weight excluding hydrogens is 340 g/mol. The van der Waals surface area contributed by atoms with Crippen LogP contribution in [0.5, 0.6) is 0 Å². The Morgan fingerprint density at radius 3 is 2.56 bits per heavy atom. The minimum absolute atomic E-state index is 0.120. The van der Waals surface area contributed by atoms with Crippen LogP contribution in [0, 0.1) is 6.92 Å². The molecule has 1 N–H and O–H groups in total. The summed E-state index contributed by atoms with van der Waals surface area (Å²) in [7, 11) is 0. The number of nitrogens with zero attached hydrogens (tertiary/aromatic N) is 1. The predicted octanol–water partition coefficient (Wildman–Crippen LogP) is 3.52. The van der Waals surface area contributed by atoms with Gasteiger partial charge < -0.3 is 14.6 Å². The molecule has 0 aliphatic rings. The second kappa shape index (κ2) is 9.27. The Hall–Kier alpha value is -2.28. The summed E-state index contributed by atoms with van der Waals surface area (Å²) in [5.74, 6) is 1.14. The summed E-state index contributed by atoms with van der Waals surface area (Å²) in [6.45, 7) is 6.24. The van der Waals surface area contributed by atoms with E-state index in [1.807, 2.05) is 24.3 Å². The van der Waals surface area contributed by atoms with Crippen molar-refractivity contribution in [3.8, 4) is 0 Å². The summed E-state index contributed by atoms with van der Waals surface area (Å²) in [6.07, 6.45) is 0. The summed E-state index contributed by atoms with van der Waals surface area (Å²) >= 11 is 1.19. The van der Waals surface area contributed by atoms with Gasteiger partial charge in [-0.3, -0.25) is 9.59 Å². The van der Waals surface area contributed by atoms with Crippen molar-refractivity contribution < 1.29 is 18.8 Å². The van der Waals surface area contributed by atoms with Crippen LogP contribution in [0.1, 0.15) is 36.7 Å². The molecule has 0 fully saturated rings. The summed E-state index contributed by atoms with van der Waals surface area (Å²) in [6, 6.07) is 9.63. The number of esters is 1. The average Bonchev–Trinajstić information content (AvgIpc) is 2.98. The molecule has 1 aromatic heterocycles. The molecule has 6 nitrogen and oxygen atoms in total. The van der Waals surface area contributed by atoms with Gasteiger partial charge in [-0.1, -0.05) is 43.3 Å². The highest BCUT2D eigenvalue weighted by Gasteiger charge is 2.09. The number of hydrogen-bond acceptors (Lipinski definition) is 6. The Morgan fingerprint density at radius 1 is 1.24 bits per heavy atom. The lowest BCUT2D eigenvalue weighted by Crippen LogP contribution is -2.16. The maximum Gasteiger partial charge on any atom is 0.316 e. The fourth-order valence-corrected chi connectivity index (χ4v) is 2.65. The number of carbonyl (C=O) groups is 2. The van der Waals surface area contributed by atoms with E-state index in [0.29, 0.717) is 17.5 Å². The van der Waals surface area contributed by atoms with Crippen molar-refractivity contribution in [2.24, 2.45) is 0 Å². The molecule has 0 saturated heterocycles. The molecule has 1 amide bonds. The Kier molecular flexibility index (Phi) is 7.06. The standard InChI is InChI=1S/C18H22N2O4S/c1-12(2)15-6-4-14(5-7-15)9-23-18(22)11-25-10-17(21)19-16-8-13(3)24-20-16/h4-8,12H,9-11H2,1-3H3,(H,19,20,21). The van der Waals surface area contributed by atoms with Crippen molar-refractivity contribution in [1.82, 2.24) is 5.16 Å². The fraction of sp³-hybridized carbons (Fsp3) is 0.389. The maximum absolute atomic E-state index is 11.7. The Balaban J connectivity index is 1.64. The highest BCUT2D eigenvalue weighted by atomic mass is 32.2. The van der Waals surface area contributed by atoms with E-state index in [1.165, 1.54) is 17.3 Å². The monoisotopic (exact) mass is 362 g/mol. The zero-order valence-electron chi connectivity index (χ0n) is 14.6. The molecule has 0 aliphatic carbocycles. The number of hydrogen-bond donors (Lipinski definition) is 1. The lowest BCUT2D eigenvalue weighted by molar-refractivity contribution is -0.141. The van der Waals surface area contributed by atoms with Crippen LogP contribution in [0.2, 0.25) is 0 Å². The molecule has 0 atom stereocenters. The smallest absolute Gasteiger partial charge is 0.316 e. The molecule has 1 aromatic carbocycles. The van der Waals surface area contributed by atoms with E-state index in [-0.39, 0.29) is 30.0 Å². The highest BCUT2D eigenvalue weighted by molar-refractivity contribution is 8.00. The van der Waals surface area contributed by atoms with E-state index in [2.05, 4.69) is 24.3 Å². The second-order valence-corrected chi connectivity index (χ2v) is 6.91. The van der Waals surface area contributed by atoms with Gasteiger partial charge in [-0.05, 0) is 24.0 Å². The number of nitrogens with one attached hydrogen (secondary N) is 1. The summed E-state index contributed by atoms with van der Waals surface area (Å²) < 4.78 is 10.1. The zero-order chi connectivity index (χ0) is 18.2. The largest absolute Gasteiger partial charge is 0.460 e. The Morgan fingerprint density at radius 2 is 1.96 bits per heavy atom. The van der Waals surface area contributed by atoms with Gasteiger partial charge in [0, 0.05) is 6.07 Å². The second-order valence-electron chi connectivity index (χ2n) is 5.92. The quantitative estimate of drug-likeness (QED) is 0.724. The number of rotatable bonds is 8. The van der Waals surface area contributed by atoms with Crippen LogP contribution in [-0.4, -0.2) is 28.5 Å². The van der Waals surface area contributed by atoms with Gasteiger partial charge in [0.25, 0.3) is 0 Å². The van der Waals surface area contributed by atoms with E-state index < -0.39 is 0 Å². The first kappa shape index (κ1) is 19.1. The number of ether oxygens (including phenoxy) is 1. The van der Waals surface area contributed by atoms with E-state index >= 15 is 0 Å². The van der Waals surface area contributed by atoms with Crippen LogP contribution in [0.3, 0.4) is 0 Å². The van der Waals surface area contributed by atoms with Crippen LogP contribution in [0.4, 0.5) is 5.82 Å². The lowest BCUT2D eigenvalue weighted by Gasteiger charge is -2.08. The molecule has 0 unspecified atom stereocenters. The zero-order valence-corrected chi connectivity index (χ0v) is 15.4. The first-order valence-electron chi connectivity index (χ1n) is 7.99. The molecule has 7 heteroatoms. The first-order chi connectivity index (χ1) is 11.9. The molecule has 0 bridgehead atoms. The van der Waals surface area contributed by atoms with Crippen molar-refractivity contribution in [1.29, 1.82) is 0 Å². The van der Waals surface area contributed by atoms with Crippen LogP contribution in [0.25, 0.3) is 0 Å². The molecule has 25 heavy (non-hydrogen) atoms. The molecule has 2 aromatic rings. The maximum atomic E-state index is 11.7. The SMILES string of the molecule is Cc1cc(NC(=O)CSCC(=O)OCc2ccc(C(C)C)cc2)no1. The van der Waals surface area contributed by atoms with Crippen molar-refractivity contribution >= 4 is 29.5 Å². The molecule has 0 saturated carbocycles. The predicted molar refractivity (Wildman–Crippen MR) is 97.5 cm³/mol. The van der Waals surface area contributed by atoms with E-state index in [9.17, 15) is 9.59 Å². The van der Waals surface area contributed by atoms with Gasteiger partial charge in [0.05, 0.1) is 11.5 Å². The number of aryl methyl sites for hydroxylation is 1. The summed E-state index contributed by atoms with van der Waals surface area (Å²) in [4.78, 5) is 23.4. The van der Waals surface area contributed by atoms with Crippen LogP contribution in [0.15, 0.2) is 34.9 Å². The molecule has 0 radical (unpaired) electrons. The van der Waals surface area contributed by atoms with Crippen LogP contribution in [-0.2, 0) is 20.9 Å². The number of thioether (sulfide) groups is 1. The Bertz CT molecular complexity index is 710. The van der Waals surface area contributed by atoms with Gasteiger partial charge in [0.1, 0.15) is 12.4 Å². The Labute approximate surface area is 151 Å². The van der Waals surface area contributed by atoms with Crippen LogP contribution < -0.4 is 5.32 Å². The third-order valence-electron chi connectivity index (χ3n) is 3.39. The third-order valence-corrected chi connectivity index (χ3v) is 4.30. The first-order valence-corrected chi connectivity index (χ1v) is 9.15. The van der Waals surface area contributed by atoms with Crippen molar-refractivity contribution in [2.75, 3.05) is 16.8 Å².